The molecule has 0 radical (unpaired) electrons. The van der Waals surface area contributed by atoms with Gasteiger partial charge in [0.15, 0.2) is 0 Å². The van der Waals surface area contributed by atoms with E-state index in [-0.39, 0.29) is 23.9 Å². The van der Waals surface area contributed by atoms with Crippen LogP contribution in [-0.4, -0.2) is 59.0 Å². The fraction of sp³-hybridized carbons (Fsp3) is 0.529. The van der Waals surface area contributed by atoms with Crippen molar-refractivity contribution in [2.24, 2.45) is 14.1 Å². The molecule has 1 aliphatic rings. The number of nitrogens with zero attached hydrogens (tertiary/aromatic N) is 4. The lowest BCUT2D eigenvalue weighted by Crippen LogP contribution is -2.44. The van der Waals surface area contributed by atoms with Gasteiger partial charge in [-0.25, -0.2) is 4.79 Å². The standard InChI is InChI=1S/C17H24ClN5O2/c1-20-6-8-23(9-7-20)13-11-15-14(21(2)17(25)22(15)3)10-12(13)19-16(24)4-5-18/h10-11H,4-9H2,1-3H3,(H,19,24). The van der Waals surface area contributed by atoms with Gasteiger partial charge < -0.3 is 15.1 Å². The number of carbonyl (C=O) groups is 1. The van der Waals surface area contributed by atoms with Crippen molar-refractivity contribution in [1.82, 2.24) is 14.0 Å². The number of amides is 1. The van der Waals surface area contributed by atoms with Crippen LogP contribution in [0.1, 0.15) is 6.42 Å². The molecule has 3 rings (SSSR count). The molecule has 1 amide bonds. The Bertz CT molecular complexity index is 849. The Balaban J connectivity index is 2.09. The predicted molar refractivity (Wildman–Crippen MR) is 102 cm³/mol. The van der Waals surface area contributed by atoms with E-state index < -0.39 is 0 Å². The molecule has 2 aromatic rings. The number of likely N-dealkylation sites (N-methyl/N-ethyl adjacent to an activating group) is 1. The summed E-state index contributed by atoms with van der Waals surface area (Å²) in [4.78, 5) is 28.9. The van der Waals surface area contributed by atoms with E-state index in [1.165, 1.54) is 0 Å². The number of fused-ring (bicyclic) bond motifs is 1. The van der Waals surface area contributed by atoms with Crippen LogP contribution in [0, 0.1) is 0 Å². The Labute approximate surface area is 151 Å². The molecule has 7 nitrogen and oxygen atoms in total. The summed E-state index contributed by atoms with van der Waals surface area (Å²) < 4.78 is 3.24. The molecule has 1 aliphatic heterocycles. The van der Waals surface area contributed by atoms with Gasteiger partial charge in [0, 0.05) is 52.6 Å². The summed E-state index contributed by atoms with van der Waals surface area (Å²) in [6, 6.07) is 3.88. The summed E-state index contributed by atoms with van der Waals surface area (Å²) in [5, 5.41) is 2.96. The summed E-state index contributed by atoms with van der Waals surface area (Å²) in [5.41, 5.74) is 3.25. The van der Waals surface area contributed by atoms with Crippen molar-refractivity contribution in [2.45, 2.75) is 6.42 Å². The number of hydrogen-bond acceptors (Lipinski definition) is 4. The monoisotopic (exact) mass is 365 g/mol. The van der Waals surface area contributed by atoms with Gasteiger partial charge in [0.25, 0.3) is 0 Å². The summed E-state index contributed by atoms with van der Waals surface area (Å²) in [5.74, 6) is 0.160. The zero-order valence-corrected chi connectivity index (χ0v) is 15.6. The molecule has 1 N–H and O–H groups in total. The van der Waals surface area contributed by atoms with E-state index in [1.807, 2.05) is 12.1 Å². The fourth-order valence-corrected chi connectivity index (χ4v) is 3.41. The number of piperazine rings is 1. The third-order valence-corrected chi connectivity index (χ3v) is 5.02. The zero-order valence-electron chi connectivity index (χ0n) is 14.9. The maximum absolute atomic E-state index is 12.3. The van der Waals surface area contributed by atoms with E-state index in [4.69, 9.17) is 11.6 Å². The number of anilines is 2. The molecule has 25 heavy (non-hydrogen) atoms. The van der Waals surface area contributed by atoms with Crippen LogP contribution in [0.4, 0.5) is 11.4 Å². The number of alkyl halides is 1. The molecule has 0 bridgehead atoms. The highest BCUT2D eigenvalue weighted by molar-refractivity contribution is 6.19. The van der Waals surface area contributed by atoms with Gasteiger partial charge in [0.1, 0.15) is 0 Å². The van der Waals surface area contributed by atoms with Crippen molar-refractivity contribution >= 4 is 39.9 Å². The molecule has 0 atom stereocenters. The van der Waals surface area contributed by atoms with Crippen LogP contribution in [0.15, 0.2) is 16.9 Å². The predicted octanol–water partition coefficient (Wildman–Crippen LogP) is 1.20. The molecule has 1 saturated heterocycles. The van der Waals surface area contributed by atoms with Gasteiger partial charge in [-0.15, -0.1) is 11.6 Å². The van der Waals surface area contributed by atoms with Crippen LogP contribution in [0.2, 0.25) is 0 Å². The van der Waals surface area contributed by atoms with Gasteiger partial charge in [0.05, 0.1) is 22.4 Å². The van der Waals surface area contributed by atoms with Gasteiger partial charge >= 0.3 is 5.69 Å². The van der Waals surface area contributed by atoms with Crippen molar-refractivity contribution in [2.75, 3.05) is 49.3 Å². The maximum atomic E-state index is 12.3. The maximum Gasteiger partial charge on any atom is 0.328 e. The largest absolute Gasteiger partial charge is 0.367 e. The van der Waals surface area contributed by atoms with Crippen LogP contribution >= 0.6 is 11.6 Å². The first kappa shape index (κ1) is 17.8. The normalized spacial score (nSPS) is 15.8. The quantitative estimate of drug-likeness (QED) is 0.827. The van der Waals surface area contributed by atoms with Crippen molar-refractivity contribution in [3.05, 3.63) is 22.6 Å². The van der Waals surface area contributed by atoms with Crippen LogP contribution in [0.5, 0.6) is 0 Å². The molecule has 136 valence electrons. The Morgan fingerprint density at radius 3 is 2.28 bits per heavy atom. The van der Waals surface area contributed by atoms with Gasteiger partial charge in [-0.1, -0.05) is 0 Å². The lowest BCUT2D eigenvalue weighted by molar-refractivity contribution is -0.115. The van der Waals surface area contributed by atoms with E-state index in [9.17, 15) is 9.59 Å². The number of carbonyl (C=O) groups excluding carboxylic acids is 1. The van der Waals surface area contributed by atoms with Gasteiger partial charge in [-0.3, -0.25) is 13.9 Å². The Morgan fingerprint density at radius 1 is 1.08 bits per heavy atom. The van der Waals surface area contributed by atoms with E-state index in [1.54, 1.807) is 23.2 Å². The smallest absolute Gasteiger partial charge is 0.328 e. The molecule has 0 aliphatic carbocycles. The number of aromatic nitrogens is 2. The number of benzene rings is 1. The van der Waals surface area contributed by atoms with Crippen LogP contribution in [0.25, 0.3) is 11.0 Å². The van der Waals surface area contributed by atoms with Crippen LogP contribution in [0.3, 0.4) is 0 Å². The Kier molecular flexibility index (Phi) is 5.06. The average Bonchev–Trinajstić information content (AvgIpc) is 2.79. The highest BCUT2D eigenvalue weighted by Crippen LogP contribution is 2.31. The first-order valence-corrected chi connectivity index (χ1v) is 8.94. The van der Waals surface area contributed by atoms with Crippen LogP contribution in [-0.2, 0) is 18.9 Å². The number of rotatable bonds is 4. The molecule has 1 fully saturated rings. The number of aryl methyl sites for hydroxylation is 2. The van der Waals surface area contributed by atoms with E-state index >= 15 is 0 Å². The first-order valence-electron chi connectivity index (χ1n) is 8.41. The van der Waals surface area contributed by atoms with E-state index in [0.29, 0.717) is 0 Å². The second-order valence-corrected chi connectivity index (χ2v) is 6.91. The summed E-state index contributed by atoms with van der Waals surface area (Å²) in [7, 11) is 5.61. The molecule has 1 aromatic carbocycles. The minimum atomic E-state index is -0.120. The van der Waals surface area contributed by atoms with E-state index in [2.05, 4.69) is 22.2 Å². The summed E-state index contributed by atoms with van der Waals surface area (Å²) in [6.45, 7) is 3.67. The third kappa shape index (κ3) is 3.39. The second kappa shape index (κ2) is 7.09. The SMILES string of the molecule is CN1CCN(c2cc3c(cc2NC(=O)CCCl)n(C)c(=O)n3C)CC1. The second-order valence-electron chi connectivity index (χ2n) is 6.54. The molecule has 2 heterocycles. The van der Waals surface area contributed by atoms with E-state index in [0.717, 1.165) is 48.6 Å². The molecular weight excluding hydrogens is 342 g/mol. The topological polar surface area (TPSA) is 62.5 Å². The van der Waals surface area contributed by atoms with Crippen molar-refractivity contribution < 1.29 is 4.79 Å². The Hall–Kier alpha value is -1.99. The van der Waals surface area contributed by atoms with Crippen molar-refractivity contribution in [3.8, 4) is 0 Å². The molecule has 8 heteroatoms. The number of hydrogen-bond donors (Lipinski definition) is 1. The molecule has 0 spiro atoms. The molecule has 0 unspecified atom stereocenters. The minimum Gasteiger partial charge on any atom is -0.367 e. The van der Waals surface area contributed by atoms with Gasteiger partial charge in [0.2, 0.25) is 5.91 Å². The van der Waals surface area contributed by atoms with Crippen LogP contribution < -0.4 is 15.9 Å². The third-order valence-electron chi connectivity index (χ3n) is 4.83. The van der Waals surface area contributed by atoms with Gasteiger partial charge in [-0.2, -0.15) is 0 Å². The summed E-state index contributed by atoms with van der Waals surface area (Å²) in [6.07, 6.45) is 0.259. The molecule has 1 aromatic heterocycles. The fourth-order valence-electron chi connectivity index (χ4n) is 3.24. The molecular formula is C17H24ClN5O2. The minimum absolute atomic E-state index is 0.0800. The highest BCUT2D eigenvalue weighted by atomic mass is 35.5. The highest BCUT2D eigenvalue weighted by Gasteiger charge is 2.21. The first-order chi connectivity index (χ1) is 11.9. The van der Waals surface area contributed by atoms with Gasteiger partial charge in [-0.05, 0) is 19.2 Å². The average molecular weight is 366 g/mol. The number of halogens is 1. The zero-order chi connectivity index (χ0) is 18.1. The lowest BCUT2D eigenvalue weighted by atomic mass is 10.1. The summed E-state index contributed by atoms with van der Waals surface area (Å²) >= 11 is 5.69. The lowest BCUT2D eigenvalue weighted by Gasteiger charge is -2.35. The van der Waals surface area contributed by atoms with Crippen molar-refractivity contribution in [1.29, 1.82) is 0 Å². The number of nitrogens with one attached hydrogen (secondary N) is 1. The Morgan fingerprint density at radius 2 is 1.68 bits per heavy atom. The van der Waals surface area contributed by atoms with Crippen molar-refractivity contribution in [3.63, 3.8) is 0 Å². The number of imidazole rings is 1. The molecule has 0 saturated carbocycles.